The second-order valence-electron chi connectivity index (χ2n) is 3.56. The fraction of sp³-hybridized carbons (Fsp3) is 0.778. The summed E-state index contributed by atoms with van der Waals surface area (Å²) in [6.45, 7) is 0. The molecule has 0 aromatic rings. The second-order valence-corrected chi connectivity index (χ2v) is 3.56. The molecule has 0 aromatic heterocycles. The summed E-state index contributed by atoms with van der Waals surface area (Å²) in [5.41, 5.74) is 0. The van der Waals surface area contributed by atoms with Crippen LogP contribution in [0.1, 0.15) is 19.3 Å². The molecule has 2 unspecified atom stereocenters. The first-order valence-electron chi connectivity index (χ1n) is 4.60. The van der Waals surface area contributed by atoms with Crippen LogP contribution in [0.25, 0.3) is 0 Å². The number of carboxylic acid groups (broad SMARTS) is 1. The first-order chi connectivity index (χ1) is 6.56. The number of nitrogens with zero attached hydrogens (tertiary/aromatic N) is 1. The first kappa shape index (κ1) is 11.0. The van der Waals surface area contributed by atoms with E-state index in [1.165, 1.54) is 14.2 Å². The molecule has 0 heterocycles. The molecule has 1 rings (SSSR count). The highest BCUT2D eigenvalue weighted by Gasteiger charge is 2.35. The summed E-state index contributed by atoms with van der Waals surface area (Å²) in [5, 5.41) is 9.91. The van der Waals surface area contributed by atoms with Crippen molar-refractivity contribution in [3.63, 3.8) is 0 Å². The molecule has 1 aliphatic rings. The summed E-state index contributed by atoms with van der Waals surface area (Å²) in [6, 6.07) is 0. The lowest BCUT2D eigenvalue weighted by Gasteiger charge is -2.17. The smallest absolute Gasteiger partial charge is 0.306 e. The lowest BCUT2D eigenvalue weighted by atomic mass is 10.0. The van der Waals surface area contributed by atoms with Gasteiger partial charge in [-0.1, -0.05) is 0 Å². The predicted octanol–water partition coefficient (Wildman–Crippen LogP) is 0.507. The number of amides is 1. The van der Waals surface area contributed by atoms with E-state index >= 15 is 0 Å². The van der Waals surface area contributed by atoms with Gasteiger partial charge < -0.3 is 5.11 Å². The molecule has 1 amide bonds. The molecule has 1 saturated carbocycles. The fourth-order valence-electron chi connectivity index (χ4n) is 1.78. The van der Waals surface area contributed by atoms with Crippen LogP contribution in [0.4, 0.5) is 0 Å². The number of hydroxylamine groups is 2. The van der Waals surface area contributed by atoms with Crippen LogP contribution in [0.3, 0.4) is 0 Å². The quantitative estimate of drug-likeness (QED) is 0.675. The maximum absolute atomic E-state index is 11.6. The van der Waals surface area contributed by atoms with Gasteiger partial charge in [0.05, 0.1) is 13.0 Å². The molecular formula is C9H15NO4. The van der Waals surface area contributed by atoms with Crippen molar-refractivity contribution in [3.8, 4) is 0 Å². The van der Waals surface area contributed by atoms with E-state index in [9.17, 15) is 9.59 Å². The summed E-state index contributed by atoms with van der Waals surface area (Å²) in [5.74, 6) is -1.49. The van der Waals surface area contributed by atoms with Crippen molar-refractivity contribution in [3.05, 3.63) is 0 Å². The van der Waals surface area contributed by atoms with Crippen LogP contribution in [0.15, 0.2) is 0 Å². The highest BCUT2D eigenvalue weighted by Crippen LogP contribution is 2.32. The Labute approximate surface area is 82.6 Å². The van der Waals surface area contributed by atoms with Crippen LogP contribution in [-0.4, -0.2) is 36.2 Å². The second kappa shape index (κ2) is 4.41. The van der Waals surface area contributed by atoms with Crippen LogP contribution >= 0.6 is 0 Å². The molecule has 0 spiro atoms. The molecule has 5 nitrogen and oxygen atoms in total. The molecule has 0 aromatic carbocycles. The van der Waals surface area contributed by atoms with E-state index in [-0.39, 0.29) is 17.7 Å². The standard InChI is InChI=1S/C9H15NO4/c1-10(14-2)8(11)6-3-4-7(5-6)9(12)13/h6-7H,3-5H2,1-2H3,(H,12,13). The Hall–Kier alpha value is -1.10. The zero-order valence-electron chi connectivity index (χ0n) is 8.40. The molecule has 5 heteroatoms. The predicted molar refractivity (Wildman–Crippen MR) is 48.2 cm³/mol. The first-order valence-corrected chi connectivity index (χ1v) is 4.60. The van der Waals surface area contributed by atoms with Gasteiger partial charge >= 0.3 is 5.97 Å². The number of rotatable bonds is 3. The molecule has 0 radical (unpaired) electrons. The Kier molecular flexibility index (Phi) is 3.46. The molecule has 0 saturated heterocycles. The van der Waals surface area contributed by atoms with Gasteiger partial charge in [-0.05, 0) is 19.3 Å². The average molecular weight is 201 g/mol. The number of carbonyl (C=O) groups is 2. The van der Waals surface area contributed by atoms with Gasteiger partial charge in [0.25, 0.3) is 0 Å². The minimum Gasteiger partial charge on any atom is -0.481 e. The third-order valence-corrected chi connectivity index (χ3v) is 2.72. The van der Waals surface area contributed by atoms with Crippen LogP contribution in [0.2, 0.25) is 0 Å². The van der Waals surface area contributed by atoms with E-state index in [2.05, 4.69) is 0 Å². The van der Waals surface area contributed by atoms with Gasteiger partial charge in [-0.3, -0.25) is 14.4 Å². The van der Waals surface area contributed by atoms with Gasteiger partial charge in [0.2, 0.25) is 5.91 Å². The maximum atomic E-state index is 11.6. The van der Waals surface area contributed by atoms with Gasteiger partial charge in [-0.25, -0.2) is 5.06 Å². The SMILES string of the molecule is CON(C)C(=O)C1CCC(C(=O)O)C1. The number of aliphatic carboxylic acids is 1. The fourth-order valence-corrected chi connectivity index (χ4v) is 1.78. The summed E-state index contributed by atoms with van der Waals surface area (Å²) in [7, 11) is 2.96. The minimum atomic E-state index is -0.805. The Bertz CT molecular complexity index is 241. The van der Waals surface area contributed by atoms with Crippen molar-refractivity contribution in [2.45, 2.75) is 19.3 Å². The van der Waals surface area contributed by atoms with E-state index in [0.717, 1.165) is 5.06 Å². The van der Waals surface area contributed by atoms with Crippen LogP contribution in [-0.2, 0) is 14.4 Å². The van der Waals surface area contributed by atoms with Gasteiger partial charge in [0.15, 0.2) is 0 Å². The third kappa shape index (κ3) is 2.23. The van der Waals surface area contributed by atoms with Gasteiger partial charge in [0.1, 0.15) is 0 Å². The topological polar surface area (TPSA) is 66.8 Å². The van der Waals surface area contributed by atoms with Crippen molar-refractivity contribution < 1.29 is 19.5 Å². The van der Waals surface area contributed by atoms with E-state index in [1.807, 2.05) is 0 Å². The minimum absolute atomic E-state index is 0.128. The maximum Gasteiger partial charge on any atom is 0.306 e. The van der Waals surface area contributed by atoms with Crippen LogP contribution in [0, 0.1) is 11.8 Å². The summed E-state index contributed by atoms with van der Waals surface area (Å²) >= 11 is 0. The monoisotopic (exact) mass is 201 g/mol. The zero-order chi connectivity index (χ0) is 10.7. The average Bonchev–Trinajstić information content (AvgIpc) is 2.64. The van der Waals surface area contributed by atoms with Crippen molar-refractivity contribution in [2.24, 2.45) is 11.8 Å². The van der Waals surface area contributed by atoms with Crippen molar-refractivity contribution >= 4 is 11.9 Å². The molecule has 1 aliphatic carbocycles. The Morgan fingerprint density at radius 2 is 1.93 bits per heavy atom. The number of hydrogen-bond acceptors (Lipinski definition) is 3. The largest absolute Gasteiger partial charge is 0.481 e. The highest BCUT2D eigenvalue weighted by molar-refractivity contribution is 5.79. The van der Waals surface area contributed by atoms with Crippen molar-refractivity contribution in [2.75, 3.05) is 14.2 Å². The number of hydrogen-bond donors (Lipinski definition) is 1. The van der Waals surface area contributed by atoms with E-state index in [4.69, 9.17) is 9.94 Å². The van der Waals surface area contributed by atoms with Gasteiger partial charge in [0, 0.05) is 13.0 Å². The molecule has 2 atom stereocenters. The van der Waals surface area contributed by atoms with Crippen molar-refractivity contribution in [1.29, 1.82) is 0 Å². The third-order valence-electron chi connectivity index (χ3n) is 2.72. The van der Waals surface area contributed by atoms with E-state index in [0.29, 0.717) is 19.3 Å². The van der Waals surface area contributed by atoms with Crippen LogP contribution in [0.5, 0.6) is 0 Å². The number of carbonyl (C=O) groups excluding carboxylic acids is 1. The summed E-state index contributed by atoms with van der Waals surface area (Å²) < 4.78 is 0. The van der Waals surface area contributed by atoms with E-state index in [1.54, 1.807) is 0 Å². The molecule has 0 bridgehead atoms. The Balaban J connectivity index is 2.49. The Morgan fingerprint density at radius 3 is 2.36 bits per heavy atom. The number of carboxylic acids is 1. The van der Waals surface area contributed by atoms with Gasteiger partial charge in [-0.2, -0.15) is 0 Å². The van der Waals surface area contributed by atoms with Gasteiger partial charge in [-0.15, -0.1) is 0 Å². The normalized spacial score (nSPS) is 26.1. The van der Waals surface area contributed by atoms with Crippen LogP contribution < -0.4 is 0 Å². The molecular weight excluding hydrogens is 186 g/mol. The Morgan fingerprint density at radius 1 is 1.36 bits per heavy atom. The molecule has 0 aliphatic heterocycles. The summed E-state index contributed by atoms with van der Waals surface area (Å²) in [6.07, 6.45) is 1.66. The molecule has 80 valence electrons. The summed E-state index contributed by atoms with van der Waals surface area (Å²) in [4.78, 5) is 27.0. The highest BCUT2D eigenvalue weighted by atomic mass is 16.7. The molecule has 1 N–H and O–H groups in total. The molecule has 1 fully saturated rings. The lowest BCUT2D eigenvalue weighted by Crippen LogP contribution is -2.31. The zero-order valence-corrected chi connectivity index (χ0v) is 8.40. The van der Waals surface area contributed by atoms with Crippen molar-refractivity contribution in [1.82, 2.24) is 5.06 Å². The lowest BCUT2D eigenvalue weighted by molar-refractivity contribution is -0.173. The van der Waals surface area contributed by atoms with E-state index < -0.39 is 5.97 Å². The molecule has 14 heavy (non-hydrogen) atoms.